The molecule has 0 radical (unpaired) electrons. The number of hydrogen-bond acceptors (Lipinski definition) is 3. The molecule has 0 aromatic carbocycles. The van der Waals surface area contributed by atoms with E-state index >= 15 is 0 Å². The Kier molecular flexibility index (Phi) is 1.94. The Bertz CT molecular complexity index is 141. The van der Waals surface area contributed by atoms with Crippen LogP contribution in [0.1, 0.15) is 19.8 Å². The van der Waals surface area contributed by atoms with Crippen molar-refractivity contribution in [1.29, 1.82) is 0 Å². The van der Waals surface area contributed by atoms with Gasteiger partial charge in [-0.25, -0.2) is 0 Å². The highest BCUT2D eigenvalue weighted by molar-refractivity contribution is 5.70. The molecule has 1 atom stereocenters. The van der Waals surface area contributed by atoms with E-state index in [0.29, 0.717) is 6.42 Å². The molecule has 1 aliphatic rings. The first kappa shape index (κ1) is 7.54. The van der Waals surface area contributed by atoms with E-state index in [0.717, 1.165) is 13.0 Å². The molecule has 0 amide bonds. The third-order valence-corrected chi connectivity index (χ3v) is 1.99. The average Bonchev–Trinajstić information content (AvgIpc) is 1.84. The molecule has 0 bridgehead atoms. The SMILES string of the molecule is COC(=O)CC1(C)CCN1. The summed E-state index contributed by atoms with van der Waals surface area (Å²) in [5.41, 5.74) is 0.0209. The van der Waals surface area contributed by atoms with Crippen LogP contribution in [0.15, 0.2) is 0 Å². The summed E-state index contributed by atoms with van der Waals surface area (Å²) in [7, 11) is 1.42. The Labute approximate surface area is 60.7 Å². The molecular weight excluding hydrogens is 130 g/mol. The van der Waals surface area contributed by atoms with Gasteiger partial charge in [0.2, 0.25) is 0 Å². The topological polar surface area (TPSA) is 38.3 Å². The first-order valence-electron chi connectivity index (χ1n) is 3.48. The summed E-state index contributed by atoms with van der Waals surface area (Å²) in [6.45, 7) is 3.06. The van der Waals surface area contributed by atoms with Gasteiger partial charge in [0, 0.05) is 5.54 Å². The third-order valence-electron chi connectivity index (χ3n) is 1.99. The van der Waals surface area contributed by atoms with Crippen molar-refractivity contribution in [1.82, 2.24) is 5.32 Å². The highest BCUT2D eigenvalue weighted by Gasteiger charge is 2.33. The van der Waals surface area contributed by atoms with Crippen LogP contribution in [0.3, 0.4) is 0 Å². The predicted octanol–water partition coefficient (Wildman–Crippen LogP) is 0.301. The summed E-state index contributed by atoms with van der Waals surface area (Å²) >= 11 is 0. The molecule has 0 aromatic heterocycles. The van der Waals surface area contributed by atoms with Gasteiger partial charge in [-0.1, -0.05) is 0 Å². The fourth-order valence-corrected chi connectivity index (χ4v) is 1.09. The molecule has 0 spiro atoms. The quantitative estimate of drug-likeness (QED) is 0.565. The molecule has 1 fully saturated rings. The van der Waals surface area contributed by atoms with E-state index < -0.39 is 0 Å². The van der Waals surface area contributed by atoms with E-state index in [2.05, 4.69) is 10.1 Å². The molecule has 0 aliphatic carbocycles. The third kappa shape index (κ3) is 1.48. The van der Waals surface area contributed by atoms with Gasteiger partial charge < -0.3 is 10.1 Å². The fraction of sp³-hybridized carbons (Fsp3) is 0.857. The molecular formula is C7H13NO2. The van der Waals surface area contributed by atoms with Crippen molar-refractivity contribution in [2.45, 2.75) is 25.3 Å². The van der Waals surface area contributed by atoms with E-state index in [1.54, 1.807) is 0 Å². The van der Waals surface area contributed by atoms with Gasteiger partial charge in [0.15, 0.2) is 0 Å². The summed E-state index contributed by atoms with van der Waals surface area (Å²) in [4.78, 5) is 10.8. The zero-order chi connectivity index (χ0) is 7.61. The van der Waals surface area contributed by atoms with Crippen molar-refractivity contribution in [3.05, 3.63) is 0 Å². The lowest BCUT2D eigenvalue weighted by Crippen LogP contribution is -2.55. The van der Waals surface area contributed by atoms with Crippen molar-refractivity contribution in [2.24, 2.45) is 0 Å². The van der Waals surface area contributed by atoms with Crippen LogP contribution in [0.5, 0.6) is 0 Å². The number of carbonyl (C=O) groups excluding carboxylic acids is 1. The standard InChI is InChI=1S/C7H13NO2/c1-7(3-4-8-7)5-6(9)10-2/h8H,3-5H2,1-2H3. The van der Waals surface area contributed by atoms with Gasteiger partial charge >= 0.3 is 5.97 Å². The minimum absolute atomic E-state index is 0.0209. The Morgan fingerprint density at radius 3 is 2.70 bits per heavy atom. The Balaban J connectivity index is 2.29. The molecule has 1 N–H and O–H groups in total. The maximum atomic E-state index is 10.8. The van der Waals surface area contributed by atoms with Gasteiger partial charge in [0.1, 0.15) is 0 Å². The summed E-state index contributed by atoms with van der Waals surface area (Å²) in [6.07, 6.45) is 1.56. The lowest BCUT2D eigenvalue weighted by Gasteiger charge is -2.38. The normalized spacial score (nSPS) is 31.0. The zero-order valence-electron chi connectivity index (χ0n) is 6.44. The van der Waals surface area contributed by atoms with Gasteiger partial charge in [-0.05, 0) is 19.9 Å². The van der Waals surface area contributed by atoms with Gasteiger partial charge in [-0.3, -0.25) is 4.79 Å². The number of carbonyl (C=O) groups is 1. The maximum Gasteiger partial charge on any atom is 0.307 e. The summed E-state index contributed by atoms with van der Waals surface area (Å²) in [5.74, 6) is -0.130. The number of ether oxygens (including phenoxy) is 1. The first-order valence-corrected chi connectivity index (χ1v) is 3.48. The van der Waals surface area contributed by atoms with Crippen LogP contribution in [0.4, 0.5) is 0 Å². The minimum atomic E-state index is -0.130. The van der Waals surface area contributed by atoms with Gasteiger partial charge in [0.05, 0.1) is 13.5 Å². The molecule has 1 aliphatic heterocycles. The predicted molar refractivity (Wildman–Crippen MR) is 37.7 cm³/mol. The van der Waals surface area contributed by atoms with Crippen molar-refractivity contribution in [3.8, 4) is 0 Å². The molecule has 0 saturated carbocycles. The van der Waals surface area contributed by atoms with E-state index in [-0.39, 0.29) is 11.5 Å². The van der Waals surface area contributed by atoms with E-state index in [1.165, 1.54) is 7.11 Å². The van der Waals surface area contributed by atoms with Gasteiger partial charge in [0.25, 0.3) is 0 Å². The number of rotatable bonds is 2. The summed E-state index contributed by atoms with van der Waals surface area (Å²) < 4.78 is 4.54. The molecule has 3 heteroatoms. The molecule has 1 unspecified atom stereocenters. The lowest BCUT2D eigenvalue weighted by atomic mass is 9.87. The second-order valence-electron chi connectivity index (χ2n) is 2.99. The highest BCUT2D eigenvalue weighted by atomic mass is 16.5. The van der Waals surface area contributed by atoms with Crippen LogP contribution >= 0.6 is 0 Å². The van der Waals surface area contributed by atoms with Crippen LogP contribution < -0.4 is 5.32 Å². The molecule has 1 saturated heterocycles. The van der Waals surface area contributed by atoms with Gasteiger partial charge in [-0.2, -0.15) is 0 Å². The number of esters is 1. The summed E-state index contributed by atoms with van der Waals surface area (Å²) in [5, 5.41) is 3.19. The van der Waals surface area contributed by atoms with E-state index in [4.69, 9.17) is 0 Å². The second kappa shape index (κ2) is 2.58. The van der Waals surface area contributed by atoms with Crippen molar-refractivity contribution >= 4 is 5.97 Å². The van der Waals surface area contributed by atoms with E-state index in [1.807, 2.05) is 6.92 Å². The molecule has 1 rings (SSSR count). The lowest BCUT2D eigenvalue weighted by molar-refractivity contribution is -0.142. The minimum Gasteiger partial charge on any atom is -0.469 e. The largest absolute Gasteiger partial charge is 0.469 e. The smallest absolute Gasteiger partial charge is 0.307 e. The van der Waals surface area contributed by atoms with Crippen LogP contribution in [-0.4, -0.2) is 25.2 Å². The summed E-state index contributed by atoms with van der Waals surface area (Å²) in [6, 6.07) is 0. The fourth-order valence-electron chi connectivity index (χ4n) is 1.09. The molecule has 1 heterocycles. The highest BCUT2D eigenvalue weighted by Crippen LogP contribution is 2.21. The Morgan fingerprint density at radius 1 is 1.80 bits per heavy atom. The monoisotopic (exact) mass is 143 g/mol. The van der Waals surface area contributed by atoms with Crippen LogP contribution in [0.2, 0.25) is 0 Å². The average molecular weight is 143 g/mol. The number of nitrogens with one attached hydrogen (secondary N) is 1. The zero-order valence-corrected chi connectivity index (χ0v) is 6.44. The first-order chi connectivity index (χ1) is 4.66. The number of hydrogen-bond donors (Lipinski definition) is 1. The molecule has 58 valence electrons. The van der Waals surface area contributed by atoms with Crippen molar-refractivity contribution in [3.63, 3.8) is 0 Å². The second-order valence-corrected chi connectivity index (χ2v) is 2.99. The van der Waals surface area contributed by atoms with Crippen molar-refractivity contribution in [2.75, 3.05) is 13.7 Å². The molecule has 10 heavy (non-hydrogen) atoms. The maximum absolute atomic E-state index is 10.8. The molecule has 0 aromatic rings. The van der Waals surface area contributed by atoms with Crippen LogP contribution in [0, 0.1) is 0 Å². The molecule has 3 nitrogen and oxygen atoms in total. The van der Waals surface area contributed by atoms with Crippen LogP contribution in [0.25, 0.3) is 0 Å². The van der Waals surface area contributed by atoms with Crippen LogP contribution in [-0.2, 0) is 9.53 Å². The number of methoxy groups -OCH3 is 1. The van der Waals surface area contributed by atoms with Gasteiger partial charge in [-0.15, -0.1) is 0 Å². The Morgan fingerprint density at radius 2 is 2.40 bits per heavy atom. The Hall–Kier alpha value is -0.570. The van der Waals surface area contributed by atoms with E-state index in [9.17, 15) is 4.79 Å². The van der Waals surface area contributed by atoms with Crippen molar-refractivity contribution < 1.29 is 9.53 Å².